The summed E-state index contributed by atoms with van der Waals surface area (Å²) in [6.45, 7) is 6.38. The molecule has 5 heteroatoms. The predicted molar refractivity (Wildman–Crippen MR) is 100 cm³/mol. The van der Waals surface area contributed by atoms with E-state index in [-0.39, 0.29) is 5.91 Å². The molecular weight excluding hydrogens is 314 g/mol. The van der Waals surface area contributed by atoms with E-state index < -0.39 is 0 Å². The Morgan fingerprint density at radius 1 is 0.960 bits per heavy atom. The summed E-state index contributed by atoms with van der Waals surface area (Å²) >= 11 is 0. The van der Waals surface area contributed by atoms with E-state index in [4.69, 9.17) is 4.74 Å². The molecule has 0 aliphatic carbocycles. The van der Waals surface area contributed by atoms with Crippen LogP contribution in [0.25, 0.3) is 0 Å². The lowest BCUT2D eigenvalue weighted by atomic mass is 10.2. The zero-order valence-electron chi connectivity index (χ0n) is 14.9. The van der Waals surface area contributed by atoms with Crippen LogP contribution in [-0.2, 0) is 4.79 Å². The summed E-state index contributed by atoms with van der Waals surface area (Å²) in [6.07, 6.45) is 0. The summed E-state index contributed by atoms with van der Waals surface area (Å²) in [7, 11) is 2.11. The first-order valence-electron chi connectivity index (χ1n) is 8.64. The van der Waals surface area contributed by atoms with Crippen LogP contribution < -0.4 is 10.1 Å². The van der Waals surface area contributed by atoms with Crippen LogP contribution >= 0.6 is 0 Å². The zero-order valence-corrected chi connectivity index (χ0v) is 14.9. The van der Waals surface area contributed by atoms with E-state index in [1.54, 1.807) is 0 Å². The number of hydrogen-bond donors (Lipinski definition) is 1. The third-order valence-electron chi connectivity index (χ3n) is 4.36. The second-order valence-electron chi connectivity index (χ2n) is 6.57. The average Bonchev–Trinajstić information content (AvgIpc) is 2.61. The minimum absolute atomic E-state index is 0.0248. The molecule has 1 N–H and O–H groups in total. The maximum atomic E-state index is 12.2. The minimum Gasteiger partial charge on any atom is -0.457 e. The summed E-state index contributed by atoms with van der Waals surface area (Å²) in [4.78, 5) is 16.6. The first kappa shape index (κ1) is 17.5. The van der Waals surface area contributed by atoms with Gasteiger partial charge in [-0.1, -0.05) is 17.7 Å². The number of piperazine rings is 1. The normalized spacial score (nSPS) is 15.8. The molecule has 132 valence electrons. The number of benzene rings is 2. The number of hydrogen-bond acceptors (Lipinski definition) is 4. The monoisotopic (exact) mass is 339 g/mol. The second kappa shape index (κ2) is 8.14. The summed E-state index contributed by atoms with van der Waals surface area (Å²) in [6, 6.07) is 15.4. The van der Waals surface area contributed by atoms with Gasteiger partial charge in [0.15, 0.2) is 0 Å². The van der Waals surface area contributed by atoms with Gasteiger partial charge < -0.3 is 15.0 Å². The number of rotatable bonds is 5. The van der Waals surface area contributed by atoms with Crippen molar-refractivity contribution in [3.63, 3.8) is 0 Å². The molecule has 1 aliphatic heterocycles. The van der Waals surface area contributed by atoms with Crippen LogP contribution in [-0.4, -0.2) is 55.5 Å². The standard InChI is InChI=1S/C20H25N3O2/c1-16-3-7-18(8-4-16)25-19-9-5-17(6-10-19)21-20(24)15-23-13-11-22(2)12-14-23/h3-10H,11-15H2,1-2H3,(H,21,24). The number of ether oxygens (including phenoxy) is 1. The van der Waals surface area contributed by atoms with Gasteiger partial charge in [0.25, 0.3) is 0 Å². The molecule has 1 saturated heterocycles. The highest BCUT2D eigenvalue weighted by Crippen LogP contribution is 2.23. The first-order valence-corrected chi connectivity index (χ1v) is 8.64. The summed E-state index contributed by atoms with van der Waals surface area (Å²) in [5.74, 6) is 1.58. The van der Waals surface area contributed by atoms with Gasteiger partial charge in [0.05, 0.1) is 6.54 Å². The van der Waals surface area contributed by atoms with Crippen molar-refractivity contribution in [2.75, 3.05) is 45.1 Å². The van der Waals surface area contributed by atoms with Crippen LogP contribution in [0.4, 0.5) is 5.69 Å². The molecule has 1 fully saturated rings. The molecule has 0 saturated carbocycles. The Bertz CT molecular complexity index is 690. The van der Waals surface area contributed by atoms with Crippen molar-refractivity contribution in [2.45, 2.75) is 6.92 Å². The van der Waals surface area contributed by atoms with E-state index in [0.717, 1.165) is 43.4 Å². The lowest BCUT2D eigenvalue weighted by Gasteiger charge is -2.31. The van der Waals surface area contributed by atoms with Crippen LogP contribution in [0.1, 0.15) is 5.56 Å². The largest absolute Gasteiger partial charge is 0.457 e. The number of nitrogens with one attached hydrogen (secondary N) is 1. The molecule has 25 heavy (non-hydrogen) atoms. The van der Waals surface area contributed by atoms with E-state index in [0.29, 0.717) is 6.54 Å². The Labute approximate surface area is 149 Å². The van der Waals surface area contributed by atoms with Gasteiger partial charge in [0, 0.05) is 31.9 Å². The van der Waals surface area contributed by atoms with Crippen molar-refractivity contribution < 1.29 is 9.53 Å². The zero-order chi connectivity index (χ0) is 17.6. The molecule has 2 aromatic rings. The number of carbonyl (C=O) groups excluding carboxylic acids is 1. The van der Waals surface area contributed by atoms with E-state index in [1.807, 2.05) is 55.5 Å². The van der Waals surface area contributed by atoms with Gasteiger partial charge in [0.2, 0.25) is 5.91 Å². The van der Waals surface area contributed by atoms with Crippen LogP contribution in [0.5, 0.6) is 11.5 Å². The van der Waals surface area contributed by atoms with Gasteiger partial charge >= 0.3 is 0 Å². The van der Waals surface area contributed by atoms with Crippen molar-refractivity contribution in [1.29, 1.82) is 0 Å². The smallest absolute Gasteiger partial charge is 0.238 e. The first-order chi connectivity index (χ1) is 12.1. The molecule has 1 aliphatic rings. The maximum Gasteiger partial charge on any atom is 0.238 e. The lowest BCUT2D eigenvalue weighted by Crippen LogP contribution is -2.47. The molecule has 1 heterocycles. The third kappa shape index (κ3) is 5.31. The van der Waals surface area contributed by atoms with Gasteiger partial charge in [-0.2, -0.15) is 0 Å². The maximum absolute atomic E-state index is 12.2. The highest BCUT2D eigenvalue weighted by Gasteiger charge is 2.16. The number of amides is 1. The predicted octanol–water partition coefficient (Wildman–Crippen LogP) is 2.97. The molecule has 0 atom stereocenters. The fourth-order valence-corrected chi connectivity index (χ4v) is 2.76. The van der Waals surface area contributed by atoms with Gasteiger partial charge in [-0.05, 0) is 50.4 Å². The van der Waals surface area contributed by atoms with Crippen LogP contribution in [0.3, 0.4) is 0 Å². The molecular formula is C20H25N3O2. The van der Waals surface area contributed by atoms with Gasteiger partial charge in [-0.15, -0.1) is 0 Å². The van der Waals surface area contributed by atoms with Crippen LogP contribution in [0.2, 0.25) is 0 Å². The number of likely N-dealkylation sites (N-methyl/N-ethyl adjacent to an activating group) is 1. The van der Waals surface area contributed by atoms with Crippen molar-refractivity contribution in [2.24, 2.45) is 0 Å². The van der Waals surface area contributed by atoms with E-state index in [2.05, 4.69) is 22.2 Å². The van der Waals surface area contributed by atoms with E-state index in [9.17, 15) is 4.79 Å². The molecule has 0 bridgehead atoms. The van der Waals surface area contributed by atoms with E-state index >= 15 is 0 Å². The topological polar surface area (TPSA) is 44.8 Å². The van der Waals surface area contributed by atoms with Crippen LogP contribution in [0.15, 0.2) is 48.5 Å². The Balaban J connectivity index is 1.50. The number of nitrogens with zero attached hydrogens (tertiary/aromatic N) is 2. The molecule has 0 aromatic heterocycles. The number of carbonyl (C=O) groups is 1. The van der Waals surface area contributed by atoms with Gasteiger partial charge in [0.1, 0.15) is 11.5 Å². The summed E-state index contributed by atoms with van der Waals surface area (Å²) in [5, 5.41) is 2.95. The van der Waals surface area contributed by atoms with Crippen molar-refractivity contribution in [3.8, 4) is 11.5 Å². The minimum atomic E-state index is 0.0248. The number of aryl methyl sites for hydroxylation is 1. The molecule has 0 unspecified atom stereocenters. The van der Waals surface area contributed by atoms with Crippen molar-refractivity contribution in [1.82, 2.24) is 9.80 Å². The summed E-state index contributed by atoms with van der Waals surface area (Å²) < 4.78 is 5.80. The van der Waals surface area contributed by atoms with Gasteiger partial charge in [-0.3, -0.25) is 9.69 Å². The highest BCUT2D eigenvalue weighted by atomic mass is 16.5. The molecule has 0 spiro atoms. The molecule has 5 nitrogen and oxygen atoms in total. The van der Waals surface area contributed by atoms with Crippen molar-refractivity contribution in [3.05, 3.63) is 54.1 Å². The third-order valence-corrected chi connectivity index (χ3v) is 4.36. The van der Waals surface area contributed by atoms with Crippen molar-refractivity contribution >= 4 is 11.6 Å². The number of anilines is 1. The van der Waals surface area contributed by atoms with Gasteiger partial charge in [-0.25, -0.2) is 0 Å². The quantitative estimate of drug-likeness (QED) is 0.910. The fourth-order valence-electron chi connectivity index (χ4n) is 2.76. The summed E-state index contributed by atoms with van der Waals surface area (Å²) in [5.41, 5.74) is 1.99. The SMILES string of the molecule is Cc1ccc(Oc2ccc(NC(=O)CN3CCN(C)CC3)cc2)cc1. The van der Waals surface area contributed by atoms with E-state index in [1.165, 1.54) is 5.56 Å². The molecule has 2 aromatic carbocycles. The highest BCUT2D eigenvalue weighted by molar-refractivity contribution is 5.92. The Hall–Kier alpha value is -2.37. The van der Waals surface area contributed by atoms with Crippen LogP contribution in [0, 0.1) is 6.92 Å². The average molecular weight is 339 g/mol. The second-order valence-corrected chi connectivity index (χ2v) is 6.57. The Kier molecular flexibility index (Phi) is 5.68. The molecule has 0 radical (unpaired) electrons. The lowest BCUT2D eigenvalue weighted by molar-refractivity contribution is -0.117. The Morgan fingerprint density at radius 3 is 2.12 bits per heavy atom. The molecule has 3 rings (SSSR count). The Morgan fingerprint density at radius 2 is 1.52 bits per heavy atom. The fraction of sp³-hybridized carbons (Fsp3) is 0.350. The molecule has 1 amide bonds.